The molecule has 0 aromatic heterocycles. The maximum absolute atomic E-state index is 3.55. The van der Waals surface area contributed by atoms with E-state index in [1.54, 1.807) is 0 Å². The van der Waals surface area contributed by atoms with Crippen LogP contribution in [0.4, 0.5) is 0 Å². The first kappa shape index (κ1) is 9.22. The fourth-order valence-corrected chi connectivity index (χ4v) is 2.42. The van der Waals surface area contributed by atoms with Crippen LogP contribution in [0.2, 0.25) is 0 Å². The zero-order valence-electron chi connectivity index (χ0n) is 7.59. The quantitative estimate of drug-likeness (QED) is 0.783. The molecular weight excluding hydrogens is 226 g/mol. The van der Waals surface area contributed by atoms with E-state index < -0.39 is 0 Å². The van der Waals surface area contributed by atoms with Crippen LogP contribution >= 0.6 is 15.9 Å². The molecule has 0 spiro atoms. The van der Waals surface area contributed by atoms with Crippen molar-refractivity contribution < 1.29 is 0 Å². The Bertz CT molecular complexity index is 285. The van der Waals surface area contributed by atoms with Gasteiger partial charge < -0.3 is 5.32 Å². The predicted molar refractivity (Wildman–Crippen MR) is 59.3 cm³/mol. The smallest absolute Gasteiger partial charge is 0.0331 e. The van der Waals surface area contributed by atoms with Crippen LogP contribution in [0.25, 0.3) is 0 Å². The highest BCUT2D eigenvalue weighted by Crippen LogP contribution is 2.25. The number of halogens is 1. The number of hydrogen-bond donors (Lipinski definition) is 1. The van der Waals surface area contributed by atoms with Gasteiger partial charge in [-0.3, -0.25) is 0 Å². The van der Waals surface area contributed by atoms with Crippen LogP contribution in [-0.4, -0.2) is 11.9 Å². The summed E-state index contributed by atoms with van der Waals surface area (Å²) < 4.78 is 0. The lowest BCUT2D eigenvalue weighted by Crippen LogP contribution is -2.29. The molecule has 1 aromatic carbocycles. The van der Waals surface area contributed by atoms with Crippen molar-refractivity contribution in [2.45, 2.75) is 18.9 Å². The second-order valence-corrected chi connectivity index (χ2v) is 4.23. The molecule has 1 aliphatic heterocycles. The fraction of sp³-hybridized carbons (Fsp3) is 0.455. The Morgan fingerprint density at radius 3 is 3.08 bits per heavy atom. The van der Waals surface area contributed by atoms with Crippen molar-refractivity contribution in [1.29, 1.82) is 0 Å². The standard InChI is InChI=1S/C11H14BrN/c12-7-5-11-10-4-2-1-3-9(10)6-8-13-11/h1-4,11,13H,5-8H2. The monoisotopic (exact) mass is 239 g/mol. The van der Waals surface area contributed by atoms with Crippen LogP contribution in [0.1, 0.15) is 23.6 Å². The SMILES string of the molecule is BrCCC1NCCc2ccccc21. The molecule has 1 unspecified atom stereocenters. The number of alkyl halides is 1. The summed E-state index contributed by atoms with van der Waals surface area (Å²) in [6, 6.07) is 9.32. The van der Waals surface area contributed by atoms with E-state index in [0.29, 0.717) is 6.04 Å². The van der Waals surface area contributed by atoms with E-state index in [9.17, 15) is 0 Å². The number of benzene rings is 1. The van der Waals surface area contributed by atoms with Gasteiger partial charge in [-0.05, 0) is 30.5 Å². The molecule has 2 heteroatoms. The third kappa shape index (κ3) is 1.94. The molecule has 0 bridgehead atoms. The summed E-state index contributed by atoms with van der Waals surface area (Å²) in [7, 11) is 0. The van der Waals surface area contributed by atoms with E-state index >= 15 is 0 Å². The first-order chi connectivity index (χ1) is 6.42. The van der Waals surface area contributed by atoms with Gasteiger partial charge in [0.15, 0.2) is 0 Å². The third-order valence-electron chi connectivity index (χ3n) is 2.61. The zero-order chi connectivity index (χ0) is 9.10. The first-order valence-corrected chi connectivity index (χ1v) is 5.91. The lowest BCUT2D eigenvalue weighted by atomic mass is 9.93. The number of nitrogens with one attached hydrogen (secondary N) is 1. The Morgan fingerprint density at radius 1 is 1.38 bits per heavy atom. The van der Waals surface area contributed by atoms with Crippen molar-refractivity contribution in [2.24, 2.45) is 0 Å². The van der Waals surface area contributed by atoms with E-state index in [4.69, 9.17) is 0 Å². The van der Waals surface area contributed by atoms with E-state index in [1.165, 1.54) is 24.0 Å². The van der Waals surface area contributed by atoms with Crippen LogP contribution in [0.3, 0.4) is 0 Å². The molecule has 1 heterocycles. The summed E-state index contributed by atoms with van der Waals surface area (Å²) in [5.41, 5.74) is 3.01. The van der Waals surface area contributed by atoms with Crippen molar-refractivity contribution in [3.63, 3.8) is 0 Å². The summed E-state index contributed by atoms with van der Waals surface area (Å²) in [4.78, 5) is 0. The van der Waals surface area contributed by atoms with E-state index in [-0.39, 0.29) is 0 Å². The highest BCUT2D eigenvalue weighted by molar-refractivity contribution is 9.09. The second kappa shape index (κ2) is 4.25. The lowest BCUT2D eigenvalue weighted by Gasteiger charge is -2.26. The van der Waals surface area contributed by atoms with Gasteiger partial charge in [0.1, 0.15) is 0 Å². The first-order valence-electron chi connectivity index (χ1n) is 4.79. The van der Waals surface area contributed by atoms with Crippen LogP contribution in [0.5, 0.6) is 0 Å². The molecule has 0 radical (unpaired) electrons. The third-order valence-corrected chi connectivity index (χ3v) is 3.07. The molecule has 1 atom stereocenters. The molecule has 70 valence electrons. The molecule has 0 saturated heterocycles. The van der Waals surface area contributed by atoms with Gasteiger partial charge in [-0.2, -0.15) is 0 Å². The summed E-state index contributed by atoms with van der Waals surface area (Å²) >= 11 is 3.50. The zero-order valence-corrected chi connectivity index (χ0v) is 9.18. The van der Waals surface area contributed by atoms with Crippen molar-refractivity contribution in [3.8, 4) is 0 Å². The topological polar surface area (TPSA) is 12.0 Å². The normalized spacial score (nSPS) is 21.2. The van der Waals surface area contributed by atoms with Gasteiger partial charge in [0.05, 0.1) is 0 Å². The van der Waals surface area contributed by atoms with Gasteiger partial charge >= 0.3 is 0 Å². The van der Waals surface area contributed by atoms with Crippen molar-refractivity contribution in [1.82, 2.24) is 5.32 Å². The molecule has 1 nitrogen and oxygen atoms in total. The second-order valence-electron chi connectivity index (χ2n) is 3.43. The fourth-order valence-electron chi connectivity index (χ4n) is 1.96. The van der Waals surface area contributed by atoms with E-state index in [2.05, 4.69) is 45.5 Å². The largest absolute Gasteiger partial charge is 0.310 e. The van der Waals surface area contributed by atoms with Crippen molar-refractivity contribution in [2.75, 3.05) is 11.9 Å². The molecule has 2 rings (SSSR count). The average Bonchev–Trinajstić information content (AvgIpc) is 2.19. The van der Waals surface area contributed by atoms with Crippen LogP contribution in [0, 0.1) is 0 Å². The Morgan fingerprint density at radius 2 is 2.23 bits per heavy atom. The molecule has 0 saturated carbocycles. The minimum absolute atomic E-state index is 0.560. The van der Waals surface area contributed by atoms with E-state index in [0.717, 1.165) is 11.9 Å². The predicted octanol–water partition coefficient (Wildman–Crippen LogP) is 2.66. The lowest BCUT2D eigenvalue weighted by molar-refractivity contribution is 0.496. The summed E-state index contributed by atoms with van der Waals surface area (Å²) in [5, 5.41) is 4.61. The summed E-state index contributed by atoms with van der Waals surface area (Å²) in [5.74, 6) is 0. The Hall–Kier alpha value is -0.340. The Balaban J connectivity index is 2.26. The van der Waals surface area contributed by atoms with Crippen molar-refractivity contribution in [3.05, 3.63) is 35.4 Å². The van der Waals surface area contributed by atoms with Gasteiger partial charge in [-0.15, -0.1) is 0 Å². The van der Waals surface area contributed by atoms with Crippen LogP contribution < -0.4 is 5.32 Å². The molecule has 1 aromatic rings. The minimum atomic E-state index is 0.560. The molecule has 13 heavy (non-hydrogen) atoms. The number of rotatable bonds is 2. The van der Waals surface area contributed by atoms with E-state index in [1.807, 2.05) is 0 Å². The van der Waals surface area contributed by atoms with Gasteiger partial charge in [-0.1, -0.05) is 40.2 Å². The minimum Gasteiger partial charge on any atom is -0.310 e. The summed E-state index contributed by atoms with van der Waals surface area (Å²) in [6.07, 6.45) is 2.35. The number of hydrogen-bond acceptors (Lipinski definition) is 1. The van der Waals surface area contributed by atoms with Crippen molar-refractivity contribution >= 4 is 15.9 Å². The maximum atomic E-state index is 3.55. The van der Waals surface area contributed by atoms with Gasteiger partial charge in [0.25, 0.3) is 0 Å². The molecule has 1 aliphatic rings. The molecule has 1 N–H and O–H groups in total. The number of fused-ring (bicyclic) bond motifs is 1. The highest BCUT2D eigenvalue weighted by atomic mass is 79.9. The highest BCUT2D eigenvalue weighted by Gasteiger charge is 2.17. The average molecular weight is 240 g/mol. The van der Waals surface area contributed by atoms with Gasteiger partial charge in [0.2, 0.25) is 0 Å². The molecule has 0 aliphatic carbocycles. The molecule has 0 fully saturated rings. The Labute approximate surface area is 87.7 Å². The Kier molecular flexibility index (Phi) is 3.01. The molecular formula is C11H14BrN. The maximum Gasteiger partial charge on any atom is 0.0331 e. The summed E-state index contributed by atoms with van der Waals surface area (Å²) in [6.45, 7) is 1.12. The van der Waals surface area contributed by atoms with Gasteiger partial charge in [-0.25, -0.2) is 0 Å². The molecule has 0 amide bonds. The van der Waals surface area contributed by atoms with Crippen LogP contribution in [-0.2, 0) is 6.42 Å². The van der Waals surface area contributed by atoms with Gasteiger partial charge in [0, 0.05) is 11.4 Å². The van der Waals surface area contributed by atoms with Crippen LogP contribution in [0.15, 0.2) is 24.3 Å².